The molecule has 0 aromatic heterocycles. The number of hydrogen-bond acceptors (Lipinski definition) is 5. The molecule has 0 heterocycles. The third-order valence-corrected chi connectivity index (χ3v) is 5.17. The van der Waals surface area contributed by atoms with E-state index in [1.54, 1.807) is 31.4 Å². The number of ether oxygens (including phenoxy) is 3. The lowest BCUT2D eigenvalue weighted by atomic mass is 10.1. The topological polar surface area (TPSA) is 73.9 Å². The Balaban J connectivity index is 1.55. The lowest BCUT2D eigenvalue weighted by Gasteiger charge is -2.13. The lowest BCUT2D eigenvalue weighted by Crippen LogP contribution is -2.12. The Morgan fingerprint density at radius 1 is 0.938 bits per heavy atom. The maximum absolute atomic E-state index is 12.3. The molecule has 0 atom stereocenters. The van der Waals surface area contributed by atoms with Gasteiger partial charge in [0.1, 0.15) is 6.61 Å². The van der Waals surface area contributed by atoms with E-state index in [0.29, 0.717) is 47.2 Å². The van der Waals surface area contributed by atoms with Crippen LogP contribution in [0, 0.1) is 0 Å². The molecule has 32 heavy (non-hydrogen) atoms. The van der Waals surface area contributed by atoms with Gasteiger partial charge in [-0.15, -0.1) is 0 Å². The molecule has 0 aliphatic heterocycles. The van der Waals surface area contributed by atoms with E-state index in [9.17, 15) is 9.59 Å². The van der Waals surface area contributed by atoms with Gasteiger partial charge in [-0.25, -0.2) is 4.79 Å². The zero-order chi connectivity index (χ0) is 22.9. The summed E-state index contributed by atoms with van der Waals surface area (Å²) >= 11 is 6.18. The van der Waals surface area contributed by atoms with Gasteiger partial charge in [-0.3, -0.25) is 4.79 Å². The SMILES string of the molecule is COC(=O)c1ccc(NC(=O)CCc2ccc(OCc3ccccc3Cl)c(OC)c2)cc1. The molecular formula is C25H24ClNO5. The third-order valence-electron chi connectivity index (χ3n) is 4.80. The van der Waals surface area contributed by atoms with Crippen LogP contribution in [0.25, 0.3) is 0 Å². The summed E-state index contributed by atoms with van der Waals surface area (Å²) in [6.07, 6.45) is 0.828. The molecule has 3 rings (SSSR count). The zero-order valence-corrected chi connectivity index (χ0v) is 18.6. The van der Waals surface area contributed by atoms with Gasteiger partial charge in [-0.1, -0.05) is 35.9 Å². The number of nitrogens with one attached hydrogen (secondary N) is 1. The summed E-state index contributed by atoms with van der Waals surface area (Å²) in [7, 11) is 2.90. The fourth-order valence-electron chi connectivity index (χ4n) is 3.05. The Hall–Kier alpha value is -3.51. The lowest BCUT2D eigenvalue weighted by molar-refractivity contribution is -0.116. The first kappa shape index (κ1) is 23.2. The molecule has 1 amide bonds. The highest BCUT2D eigenvalue weighted by Crippen LogP contribution is 2.30. The van der Waals surface area contributed by atoms with Crippen LogP contribution in [0.4, 0.5) is 5.69 Å². The minimum Gasteiger partial charge on any atom is -0.493 e. The second-order valence-electron chi connectivity index (χ2n) is 6.98. The standard InChI is InChI=1S/C25H24ClNO5/c1-30-23-15-17(7-13-22(23)32-16-19-5-3-4-6-21(19)26)8-14-24(28)27-20-11-9-18(10-12-20)25(29)31-2/h3-7,9-13,15H,8,14,16H2,1-2H3,(H,27,28). The molecule has 0 saturated carbocycles. The Bertz CT molecular complexity index is 1080. The van der Waals surface area contributed by atoms with Crippen LogP contribution in [-0.2, 0) is 22.6 Å². The normalized spacial score (nSPS) is 10.3. The maximum atomic E-state index is 12.3. The highest BCUT2D eigenvalue weighted by Gasteiger charge is 2.10. The molecule has 3 aromatic carbocycles. The van der Waals surface area contributed by atoms with Gasteiger partial charge < -0.3 is 19.5 Å². The van der Waals surface area contributed by atoms with Crippen molar-refractivity contribution in [3.05, 3.63) is 88.4 Å². The Morgan fingerprint density at radius 2 is 1.69 bits per heavy atom. The minimum atomic E-state index is -0.420. The number of amides is 1. The first-order valence-corrected chi connectivity index (χ1v) is 10.4. The molecule has 0 aliphatic rings. The Labute approximate surface area is 192 Å². The van der Waals surface area contributed by atoms with Crippen molar-refractivity contribution in [2.45, 2.75) is 19.4 Å². The zero-order valence-electron chi connectivity index (χ0n) is 17.9. The monoisotopic (exact) mass is 453 g/mol. The molecule has 0 unspecified atom stereocenters. The maximum Gasteiger partial charge on any atom is 0.337 e. The van der Waals surface area contributed by atoms with E-state index >= 15 is 0 Å². The molecule has 166 valence electrons. The van der Waals surface area contributed by atoms with Crippen molar-refractivity contribution in [1.82, 2.24) is 0 Å². The van der Waals surface area contributed by atoms with E-state index in [1.807, 2.05) is 42.5 Å². The number of esters is 1. The first-order chi connectivity index (χ1) is 15.5. The number of aryl methyl sites for hydroxylation is 1. The van der Waals surface area contributed by atoms with Crippen LogP contribution in [0.1, 0.15) is 27.9 Å². The molecule has 3 aromatic rings. The van der Waals surface area contributed by atoms with Crippen molar-refractivity contribution in [3.63, 3.8) is 0 Å². The van der Waals surface area contributed by atoms with Crippen LogP contribution in [0.2, 0.25) is 5.02 Å². The van der Waals surface area contributed by atoms with Gasteiger partial charge in [0.25, 0.3) is 0 Å². The Morgan fingerprint density at radius 3 is 2.38 bits per heavy atom. The number of carbonyl (C=O) groups excluding carboxylic acids is 2. The molecule has 0 bridgehead atoms. The van der Waals surface area contributed by atoms with Gasteiger partial charge in [0.15, 0.2) is 11.5 Å². The molecule has 6 nitrogen and oxygen atoms in total. The van der Waals surface area contributed by atoms with Crippen LogP contribution in [0.5, 0.6) is 11.5 Å². The molecule has 1 N–H and O–H groups in total. The van der Waals surface area contributed by atoms with Crippen LogP contribution in [-0.4, -0.2) is 26.1 Å². The summed E-state index contributed by atoms with van der Waals surface area (Å²) in [5.41, 5.74) is 2.87. The minimum absolute atomic E-state index is 0.131. The van der Waals surface area contributed by atoms with E-state index in [4.69, 9.17) is 21.1 Å². The Kier molecular flexibility index (Phi) is 8.11. The van der Waals surface area contributed by atoms with Gasteiger partial charge in [-0.05, 0) is 54.4 Å². The molecular weight excluding hydrogens is 430 g/mol. The molecule has 0 aliphatic carbocycles. The molecule has 0 fully saturated rings. The summed E-state index contributed by atoms with van der Waals surface area (Å²) in [5, 5.41) is 3.47. The number of benzene rings is 3. The second-order valence-corrected chi connectivity index (χ2v) is 7.39. The summed E-state index contributed by atoms with van der Waals surface area (Å²) in [6, 6.07) is 19.6. The average molecular weight is 454 g/mol. The predicted molar refractivity (Wildman–Crippen MR) is 124 cm³/mol. The number of carbonyl (C=O) groups is 2. The third kappa shape index (κ3) is 6.25. The second kappa shape index (κ2) is 11.2. The smallest absolute Gasteiger partial charge is 0.337 e. The van der Waals surface area contributed by atoms with E-state index in [-0.39, 0.29) is 5.91 Å². The fourth-order valence-corrected chi connectivity index (χ4v) is 3.24. The van der Waals surface area contributed by atoms with Gasteiger partial charge >= 0.3 is 5.97 Å². The van der Waals surface area contributed by atoms with Crippen molar-refractivity contribution in [1.29, 1.82) is 0 Å². The number of halogens is 1. The van der Waals surface area contributed by atoms with E-state index in [0.717, 1.165) is 11.1 Å². The van der Waals surface area contributed by atoms with Crippen LogP contribution in [0.3, 0.4) is 0 Å². The highest BCUT2D eigenvalue weighted by molar-refractivity contribution is 6.31. The molecule has 0 spiro atoms. The van der Waals surface area contributed by atoms with E-state index in [1.165, 1.54) is 7.11 Å². The van der Waals surface area contributed by atoms with Crippen LogP contribution >= 0.6 is 11.6 Å². The summed E-state index contributed by atoms with van der Waals surface area (Å²) < 4.78 is 16.0. The van der Waals surface area contributed by atoms with Gasteiger partial charge in [0, 0.05) is 22.7 Å². The van der Waals surface area contributed by atoms with Crippen LogP contribution < -0.4 is 14.8 Å². The number of hydrogen-bond donors (Lipinski definition) is 1. The van der Waals surface area contributed by atoms with E-state index in [2.05, 4.69) is 10.1 Å². The summed E-state index contributed by atoms with van der Waals surface area (Å²) in [5.74, 6) is 0.643. The quantitative estimate of drug-likeness (QED) is 0.446. The van der Waals surface area contributed by atoms with Gasteiger partial charge in [-0.2, -0.15) is 0 Å². The summed E-state index contributed by atoms with van der Waals surface area (Å²) in [6.45, 7) is 0.326. The summed E-state index contributed by atoms with van der Waals surface area (Å²) in [4.78, 5) is 23.8. The van der Waals surface area contributed by atoms with Gasteiger partial charge in [0.2, 0.25) is 5.91 Å². The molecule has 0 radical (unpaired) electrons. The molecule has 7 heteroatoms. The number of anilines is 1. The van der Waals surface area contributed by atoms with Crippen molar-refractivity contribution in [2.75, 3.05) is 19.5 Å². The van der Waals surface area contributed by atoms with Crippen molar-refractivity contribution in [2.24, 2.45) is 0 Å². The predicted octanol–water partition coefficient (Wildman–Crippen LogP) is 5.29. The fraction of sp³-hybridized carbons (Fsp3) is 0.200. The van der Waals surface area contributed by atoms with Crippen molar-refractivity contribution < 1.29 is 23.8 Å². The molecule has 0 saturated heterocycles. The highest BCUT2D eigenvalue weighted by atomic mass is 35.5. The van der Waals surface area contributed by atoms with E-state index < -0.39 is 5.97 Å². The van der Waals surface area contributed by atoms with Crippen LogP contribution in [0.15, 0.2) is 66.7 Å². The first-order valence-electron chi connectivity index (χ1n) is 10.0. The number of methoxy groups -OCH3 is 2. The number of rotatable bonds is 9. The largest absolute Gasteiger partial charge is 0.493 e. The van der Waals surface area contributed by atoms with Crippen molar-refractivity contribution in [3.8, 4) is 11.5 Å². The average Bonchev–Trinajstić information content (AvgIpc) is 2.82. The van der Waals surface area contributed by atoms with Crippen molar-refractivity contribution >= 4 is 29.2 Å². The van der Waals surface area contributed by atoms with Gasteiger partial charge in [0.05, 0.1) is 19.8 Å².